The van der Waals surface area contributed by atoms with Crippen molar-refractivity contribution in [1.82, 2.24) is 10.6 Å². The number of anilines is 1. The molecule has 0 radical (unpaired) electrons. The summed E-state index contributed by atoms with van der Waals surface area (Å²) in [5.74, 6) is -11.4. The van der Waals surface area contributed by atoms with Crippen LogP contribution in [-0.4, -0.2) is 54.3 Å². The number of carbonyl (C=O) groups is 5. The Bertz CT molecular complexity index is 1440. The number of hydrogen-bond acceptors (Lipinski definition) is 7. The third kappa shape index (κ3) is 12.6. The molecule has 2 aromatic carbocycles. The molecule has 2 aromatic rings. The molecule has 0 saturated heterocycles. The molecule has 0 heterocycles. The predicted molar refractivity (Wildman–Crippen MR) is 169 cm³/mol. The van der Waals surface area contributed by atoms with Gasteiger partial charge in [-0.2, -0.15) is 8.78 Å². The maximum atomic E-state index is 13.5. The number of esters is 1. The van der Waals surface area contributed by atoms with Gasteiger partial charge < -0.3 is 25.4 Å². The van der Waals surface area contributed by atoms with Crippen molar-refractivity contribution in [2.24, 2.45) is 0 Å². The second-order valence-corrected chi connectivity index (χ2v) is 13.2. The monoisotopic (exact) mass is 681 g/mol. The highest BCUT2D eigenvalue weighted by Gasteiger charge is 2.28. The van der Waals surface area contributed by atoms with E-state index in [4.69, 9.17) is 4.74 Å². The van der Waals surface area contributed by atoms with E-state index in [0.717, 1.165) is 31.2 Å². The van der Waals surface area contributed by atoms with Crippen molar-refractivity contribution in [2.45, 2.75) is 103 Å². The largest absolute Gasteiger partial charge is 0.479 e. The van der Waals surface area contributed by atoms with Gasteiger partial charge in [-0.15, -0.1) is 0 Å². The summed E-state index contributed by atoms with van der Waals surface area (Å²) >= 11 is 0. The molecule has 1 atom stereocenters. The Morgan fingerprint density at radius 2 is 1.48 bits per heavy atom. The number of carbonyl (C=O) groups excluding carboxylic acids is 5. The van der Waals surface area contributed by atoms with E-state index in [0.29, 0.717) is 5.69 Å². The molecule has 48 heavy (non-hydrogen) atoms. The second-order valence-electron chi connectivity index (χ2n) is 13.2. The normalized spacial score (nSPS) is 14.0. The van der Waals surface area contributed by atoms with Crippen LogP contribution in [0, 0.1) is 23.3 Å². The lowest BCUT2D eigenvalue weighted by molar-refractivity contribution is -0.156. The summed E-state index contributed by atoms with van der Waals surface area (Å²) in [6.45, 7) is 9.96. The number of amides is 3. The van der Waals surface area contributed by atoms with Crippen LogP contribution in [0.25, 0.3) is 0 Å². The number of benzene rings is 2. The lowest BCUT2D eigenvalue weighted by Crippen LogP contribution is -2.42. The fraction of sp³-hybridized carbons (Fsp3) is 0.500. The van der Waals surface area contributed by atoms with Gasteiger partial charge in [0.05, 0.1) is 6.42 Å². The summed E-state index contributed by atoms with van der Waals surface area (Å²) < 4.78 is 62.6. The van der Waals surface area contributed by atoms with Crippen LogP contribution < -0.4 is 20.7 Å². The third-order valence-corrected chi connectivity index (χ3v) is 7.01. The Kier molecular flexibility index (Phi) is 14.6. The molecule has 3 N–H and O–H groups in total. The number of halogens is 4. The van der Waals surface area contributed by atoms with Gasteiger partial charge in [-0.25, -0.2) is 8.78 Å². The standard InChI is InChI=1S/C18H26N2O2.C16H17F4NO5/c1-18(2,3)14-11-7-8-12-15(14)20-17(22)16(21)19-13-9-5-4-6-10-13;1-16(2,3)26-12(24)5-10(21-7-22)11(23)6-25-15-13(19)8(17)4-9(18)14(15)20/h7-8,11-13H,4-6,9-10H2,1-3H3,(H,19,21)(H,20,22);4,7,10H,5-6H2,1-3H3,(H,21,22). The maximum Gasteiger partial charge on any atom is 0.313 e. The highest BCUT2D eigenvalue weighted by molar-refractivity contribution is 6.39. The Morgan fingerprint density at radius 1 is 0.896 bits per heavy atom. The van der Waals surface area contributed by atoms with Crippen LogP contribution in [0.4, 0.5) is 23.2 Å². The minimum Gasteiger partial charge on any atom is -0.479 e. The number of ether oxygens (including phenoxy) is 2. The molecular weight excluding hydrogens is 638 g/mol. The van der Waals surface area contributed by atoms with Gasteiger partial charge in [0.2, 0.25) is 18.0 Å². The van der Waals surface area contributed by atoms with Crippen LogP contribution in [-0.2, 0) is 34.1 Å². The van der Waals surface area contributed by atoms with E-state index in [-0.39, 0.29) is 23.9 Å². The maximum absolute atomic E-state index is 13.5. The van der Waals surface area contributed by atoms with Gasteiger partial charge in [0.15, 0.2) is 23.2 Å². The fourth-order valence-corrected chi connectivity index (χ4v) is 4.74. The number of rotatable bonds is 10. The van der Waals surface area contributed by atoms with E-state index < -0.39 is 77.3 Å². The van der Waals surface area contributed by atoms with Crippen LogP contribution in [0.15, 0.2) is 30.3 Å². The summed E-state index contributed by atoms with van der Waals surface area (Å²) in [6, 6.07) is 6.35. The molecule has 264 valence electrons. The topological polar surface area (TPSA) is 140 Å². The van der Waals surface area contributed by atoms with Crippen molar-refractivity contribution >= 4 is 35.7 Å². The van der Waals surface area contributed by atoms with Gasteiger partial charge in [-0.05, 0) is 50.7 Å². The molecule has 0 aliphatic heterocycles. The number of nitrogens with one attached hydrogen (secondary N) is 3. The fourth-order valence-electron chi connectivity index (χ4n) is 4.74. The summed E-state index contributed by atoms with van der Waals surface area (Å²) in [4.78, 5) is 58.5. The second kappa shape index (κ2) is 17.6. The van der Waals surface area contributed by atoms with Crippen molar-refractivity contribution < 1.29 is 51.0 Å². The van der Waals surface area contributed by atoms with Gasteiger partial charge in [0.1, 0.15) is 18.2 Å². The Morgan fingerprint density at radius 3 is 2.02 bits per heavy atom. The molecule has 0 spiro atoms. The van der Waals surface area contributed by atoms with Gasteiger partial charge in [0.25, 0.3) is 0 Å². The zero-order chi connectivity index (χ0) is 36.2. The zero-order valence-corrected chi connectivity index (χ0v) is 27.9. The first-order valence-electron chi connectivity index (χ1n) is 15.5. The predicted octanol–water partition coefficient (Wildman–Crippen LogP) is 5.41. The molecular formula is C34H43F4N3O7. The minimum absolute atomic E-state index is 0.0153. The highest BCUT2D eigenvalue weighted by atomic mass is 19.2. The number of para-hydroxylation sites is 1. The average molecular weight is 682 g/mol. The third-order valence-electron chi connectivity index (χ3n) is 7.01. The SMILES string of the molecule is CC(C)(C)OC(=O)CC(NC=O)C(=O)COc1c(F)c(F)cc(F)c1F.CC(C)(C)c1ccccc1NC(=O)C(=O)NC1CCCCC1. The molecule has 3 amide bonds. The number of Topliss-reactive ketones (excluding diaryl/α,β-unsaturated/α-hetero) is 1. The van der Waals surface area contributed by atoms with Gasteiger partial charge in [0, 0.05) is 17.8 Å². The smallest absolute Gasteiger partial charge is 0.313 e. The van der Waals surface area contributed by atoms with E-state index in [2.05, 4.69) is 36.1 Å². The first-order valence-corrected chi connectivity index (χ1v) is 15.5. The van der Waals surface area contributed by atoms with Crippen LogP contribution >= 0.6 is 0 Å². The van der Waals surface area contributed by atoms with Crippen molar-refractivity contribution in [3.05, 3.63) is 59.2 Å². The van der Waals surface area contributed by atoms with Crippen molar-refractivity contribution in [1.29, 1.82) is 0 Å². The molecule has 14 heteroatoms. The summed E-state index contributed by atoms with van der Waals surface area (Å²) in [6.07, 6.45) is 4.97. The zero-order valence-electron chi connectivity index (χ0n) is 27.9. The van der Waals surface area contributed by atoms with Crippen LogP contribution in [0.3, 0.4) is 0 Å². The first kappa shape index (κ1) is 39.7. The summed E-state index contributed by atoms with van der Waals surface area (Å²) in [7, 11) is 0. The molecule has 1 unspecified atom stereocenters. The lowest BCUT2D eigenvalue weighted by atomic mass is 9.86. The van der Waals surface area contributed by atoms with E-state index in [1.807, 2.05) is 29.6 Å². The van der Waals surface area contributed by atoms with Gasteiger partial charge >= 0.3 is 17.8 Å². The molecule has 0 bridgehead atoms. The van der Waals surface area contributed by atoms with Crippen LogP contribution in [0.2, 0.25) is 0 Å². The molecule has 1 aliphatic rings. The quantitative estimate of drug-likeness (QED) is 0.100. The molecule has 1 aliphatic carbocycles. The van der Waals surface area contributed by atoms with Gasteiger partial charge in [-0.3, -0.25) is 24.0 Å². The number of ketones is 1. The van der Waals surface area contributed by atoms with Crippen LogP contribution in [0.1, 0.15) is 85.6 Å². The Hall–Kier alpha value is -4.49. The van der Waals surface area contributed by atoms with Crippen molar-refractivity contribution in [2.75, 3.05) is 11.9 Å². The molecule has 0 aromatic heterocycles. The van der Waals surface area contributed by atoms with Crippen molar-refractivity contribution in [3.8, 4) is 5.75 Å². The molecule has 10 nitrogen and oxygen atoms in total. The van der Waals surface area contributed by atoms with E-state index >= 15 is 0 Å². The number of hydrogen-bond donors (Lipinski definition) is 3. The van der Waals surface area contributed by atoms with E-state index in [1.54, 1.807) is 20.8 Å². The molecule has 3 rings (SSSR count). The van der Waals surface area contributed by atoms with E-state index in [1.165, 1.54) is 6.42 Å². The Labute approximate surface area is 277 Å². The first-order chi connectivity index (χ1) is 22.3. The average Bonchev–Trinajstić information content (AvgIpc) is 2.99. The van der Waals surface area contributed by atoms with E-state index in [9.17, 15) is 41.5 Å². The van der Waals surface area contributed by atoms with Crippen LogP contribution in [0.5, 0.6) is 5.75 Å². The summed E-state index contributed by atoms with van der Waals surface area (Å²) in [5.41, 5.74) is 0.796. The molecule has 1 saturated carbocycles. The van der Waals surface area contributed by atoms with Gasteiger partial charge in [-0.1, -0.05) is 58.2 Å². The Balaban J connectivity index is 0.000000338. The summed E-state index contributed by atoms with van der Waals surface area (Å²) in [5, 5.41) is 7.64. The minimum atomic E-state index is -1.82. The lowest BCUT2D eigenvalue weighted by Gasteiger charge is -2.24. The highest BCUT2D eigenvalue weighted by Crippen LogP contribution is 2.29. The van der Waals surface area contributed by atoms with Crippen molar-refractivity contribution in [3.63, 3.8) is 0 Å². The molecule has 1 fully saturated rings.